The molecule has 2 aromatic carbocycles. The molecule has 2 nitrogen and oxygen atoms in total. The molecule has 3 heterocycles. The van der Waals surface area contributed by atoms with E-state index in [1.165, 1.54) is 59.2 Å². The Morgan fingerprint density at radius 1 is 1.15 bits per heavy atom. The second-order valence-electron chi connectivity index (χ2n) is 8.11. The summed E-state index contributed by atoms with van der Waals surface area (Å²) in [6, 6.07) is 14.3. The van der Waals surface area contributed by atoms with E-state index in [0.29, 0.717) is 6.04 Å². The van der Waals surface area contributed by atoms with Crippen LogP contribution in [0.15, 0.2) is 42.5 Å². The van der Waals surface area contributed by atoms with Crippen LogP contribution in [0.1, 0.15) is 42.1 Å². The first-order chi connectivity index (χ1) is 13.1. The van der Waals surface area contributed by atoms with Gasteiger partial charge in [0.05, 0.1) is 5.52 Å². The van der Waals surface area contributed by atoms with Gasteiger partial charge >= 0.3 is 0 Å². The van der Waals surface area contributed by atoms with Crippen LogP contribution in [0.5, 0.6) is 0 Å². The summed E-state index contributed by atoms with van der Waals surface area (Å²) in [6.45, 7) is 6.58. The van der Waals surface area contributed by atoms with E-state index in [4.69, 9.17) is 0 Å². The molecule has 3 heteroatoms. The van der Waals surface area contributed by atoms with Crippen LogP contribution in [0, 0.1) is 12.7 Å². The molecule has 3 aromatic rings. The van der Waals surface area contributed by atoms with Crippen LogP contribution in [0.25, 0.3) is 22.7 Å². The highest BCUT2D eigenvalue weighted by Crippen LogP contribution is 2.37. The molecule has 0 radical (unpaired) electrons. The number of aromatic nitrogens is 1. The molecule has 27 heavy (non-hydrogen) atoms. The van der Waals surface area contributed by atoms with Crippen LogP contribution in [0.2, 0.25) is 0 Å². The van der Waals surface area contributed by atoms with Gasteiger partial charge in [0.1, 0.15) is 5.82 Å². The first-order valence-corrected chi connectivity index (χ1v) is 9.91. The van der Waals surface area contributed by atoms with Gasteiger partial charge in [-0.1, -0.05) is 23.8 Å². The molecule has 0 spiro atoms. The first-order valence-electron chi connectivity index (χ1n) is 9.91. The third kappa shape index (κ3) is 2.81. The summed E-state index contributed by atoms with van der Waals surface area (Å²) in [6.07, 6.45) is 5.99. The summed E-state index contributed by atoms with van der Waals surface area (Å²) in [4.78, 5) is 2.66. The van der Waals surface area contributed by atoms with Crippen molar-refractivity contribution in [3.05, 3.63) is 70.7 Å². The SMILES string of the molecule is C/C(=C/n1c2c(c3cc(C)ccc31)CN1CCCC1C2)c1ccc(F)cc1. The number of hydrogen-bond acceptors (Lipinski definition) is 1. The summed E-state index contributed by atoms with van der Waals surface area (Å²) in [5.74, 6) is -0.188. The van der Waals surface area contributed by atoms with Crippen LogP contribution >= 0.6 is 0 Å². The van der Waals surface area contributed by atoms with Gasteiger partial charge in [-0.25, -0.2) is 4.39 Å². The van der Waals surface area contributed by atoms with E-state index in [1.807, 2.05) is 12.1 Å². The molecule has 1 saturated heterocycles. The van der Waals surface area contributed by atoms with Crippen LogP contribution in [-0.4, -0.2) is 22.1 Å². The summed E-state index contributed by atoms with van der Waals surface area (Å²) in [5, 5.41) is 1.39. The Bertz CT molecular complexity index is 1040. The minimum Gasteiger partial charge on any atom is -0.320 e. The second kappa shape index (κ2) is 6.35. The average molecular weight is 360 g/mol. The van der Waals surface area contributed by atoms with Crippen molar-refractivity contribution < 1.29 is 4.39 Å². The molecule has 2 aliphatic heterocycles. The standard InChI is InChI=1S/C24H25FN2/c1-16-5-10-23-21(12-16)22-15-26-11-3-4-20(26)13-24(22)27(23)14-17(2)18-6-8-19(25)9-7-18/h5-10,12,14,20H,3-4,11,13,15H2,1-2H3/b17-14-. The lowest BCUT2D eigenvalue weighted by Crippen LogP contribution is -2.35. The highest BCUT2D eigenvalue weighted by atomic mass is 19.1. The predicted octanol–water partition coefficient (Wildman–Crippen LogP) is 5.63. The van der Waals surface area contributed by atoms with E-state index >= 15 is 0 Å². The Labute approximate surface area is 159 Å². The van der Waals surface area contributed by atoms with Crippen LogP contribution in [0.4, 0.5) is 4.39 Å². The van der Waals surface area contributed by atoms with Crippen molar-refractivity contribution in [3.63, 3.8) is 0 Å². The molecule has 1 fully saturated rings. The number of fused-ring (bicyclic) bond motifs is 4. The van der Waals surface area contributed by atoms with E-state index in [2.05, 4.69) is 47.7 Å². The Balaban J connectivity index is 1.67. The Morgan fingerprint density at radius 3 is 2.78 bits per heavy atom. The van der Waals surface area contributed by atoms with Gasteiger partial charge in [0.2, 0.25) is 0 Å². The molecule has 0 aliphatic carbocycles. The first kappa shape index (κ1) is 16.8. The molecule has 5 rings (SSSR count). The lowest BCUT2D eigenvalue weighted by Gasteiger charge is -2.30. The van der Waals surface area contributed by atoms with E-state index < -0.39 is 0 Å². The summed E-state index contributed by atoms with van der Waals surface area (Å²) in [5.41, 5.74) is 7.77. The summed E-state index contributed by atoms with van der Waals surface area (Å²) >= 11 is 0. The molecule has 0 saturated carbocycles. The fourth-order valence-corrected chi connectivity index (χ4v) is 4.84. The predicted molar refractivity (Wildman–Crippen MR) is 110 cm³/mol. The van der Waals surface area contributed by atoms with Crippen molar-refractivity contribution in [3.8, 4) is 0 Å². The number of rotatable bonds is 2. The topological polar surface area (TPSA) is 8.17 Å². The highest BCUT2D eigenvalue weighted by Gasteiger charge is 2.33. The zero-order valence-corrected chi connectivity index (χ0v) is 16.0. The molecule has 138 valence electrons. The lowest BCUT2D eigenvalue weighted by molar-refractivity contribution is 0.226. The smallest absolute Gasteiger partial charge is 0.123 e. The molecular formula is C24H25FN2. The van der Waals surface area contributed by atoms with Gasteiger partial charge in [-0.15, -0.1) is 0 Å². The van der Waals surface area contributed by atoms with Crippen LogP contribution < -0.4 is 0 Å². The molecule has 0 amide bonds. The molecule has 0 N–H and O–H groups in total. The molecule has 1 atom stereocenters. The number of halogens is 1. The largest absolute Gasteiger partial charge is 0.320 e. The van der Waals surface area contributed by atoms with E-state index in [1.54, 1.807) is 0 Å². The second-order valence-corrected chi connectivity index (χ2v) is 8.11. The maximum absolute atomic E-state index is 13.3. The van der Waals surface area contributed by atoms with Crippen molar-refractivity contribution in [1.82, 2.24) is 9.47 Å². The average Bonchev–Trinajstić information content (AvgIpc) is 3.23. The quantitative estimate of drug-likeness (QED) is 0.575. The zero-order chi connectivity index (χ0) is 18.5. The maximum Gasteiger partial charge on any atom is 0.123 e. The monoisotopic (exact) mass is 360 g/mol. The van der Waals surface area contributed by atoms with E-state index in [9.17, 15) is 4.39 Å². The van der Waals surface area contributed by atoms with Crippen LogP contribution in [-0.2, 0) is 13.0 Å². The maximum atomic E-state index is 13.3. The zero-order valence-electron chi connectivity index (χ0n) is 16.0. The van der Waals surface area contributed by atoms with E-state index in [0.717, 1.165) is 24.1 Å². The van der Waals surface area contributed by atoms with Gasteiger partial charge in [-0.05, 0) is 74.2 Å². The number of aryl methyl sites for hydroxylation is 1. The number of hydrogen-bond donors (Lipinski definition) is 0. The number of benzene rings is 2. The van der Waals surface area contributed by atoms with Crippen molar-refractivity contribution >= 4 is 22.7 Å². The van der Waals surface area contributed by atoms with Gasteiger partial charge in [-0.2, -0.15) is 0 Å². The van der Waals surface area contributed by atoms with Gasteiger partial charge < -0.3 is 4.57 Å². The fourth-order valence-electron chi connectivity index (χ4n) is 4.84. The van der Waals surface area contributed by atoms with Crippen molar-refractivity contribution in [2.75, 3.05) is 6.54 Å². The number of allylic oxidation sites excluding steroid dienone is 1. The van der Waals surface area contributed by atoms with Gasteiger partial charge in [0.25, 0.3) is 0 Å². The summed E-state index contributed by atoms with van der Waals surface area (Å²) in [7, 11) is 0. The molecule has 1 unspecified atom stereocenters. The Morgan fingerprint density at radius 2 is 1.96 bits per heavy atom. The van der Waals surface area contributed by atoms with Crippen molar-refractivity contribution in [1.29, 1.82) is 0 Å². The highest BCUT2D eigenvalue weighted by molar-refractivity contribution is 5.90. The molecule has 2 aliphatic rings. The van der Waals surface area contributed by atoms with Gasteiger partial charge in [0.15, 0.2) is 0 Å². The van der Waals surface area contributed by atoms with Crippen molar-refractivity contribution in [2.45, 2.75) is 45.7 Å². The molecular weight excluding hydrogens is 335 g/mol. The summed E-state index contributed by atoms with van der Waals surface area (Å²) < 4.78 is 15.7. The van der Waals surface area contributed by atoms with Gasteiger partial charge in [-0.3, -0.25) is 4.90 Å². The minimum atomic E-state index is -0.188. The van der Waals surface area contributed by atoms with Gasteiger partial charge in [0, 0.05) is 36.3 Å². The Hall–Kier alpha value is -2.39. The molecule has 1 aromatic heterocycles. The third-order valence-electron chi connectivity index (χ3n) is 6.29. The van der Waals surface area contributed by atoms with Crippen LogP contribution in [0.3, 0.4) is 0 Å². The van der Waals surface area contributed by atoms with E-state index in [-0.39, 0.29) is 5.82 Å². The minimum absolute atomic E-state index is 0.188. The normalized spacial score (nSPS) is 20.1. The Kier molecular flexibility index (Phi) is 3.94. The molecule has 0 bridgehead atoms. The van der Waals surface area contributed by atoms with Crippen molar-refractivity contribution in [2.24, 2.45) is 0 Å². The third-order valence-corrected chi connectivity index (χ3v) is 6.29. The fraction of sp³-hybridized carbons (Fsp3) is 0.333. The lowest BCUT2D eigenvalue weighted by atomic mass is 9.98. The number of nitrogens with zero attached hydrogens (tertiary/aromatic N) is 2.